The van der Waals surface area contributed by atoms with E-state index < -0.39 is 11.7 Å². The zero-order chi connectivity index (χ0) is 19.7. The molecule has 1 aliphatic rings. The molecule has 0 saturated heterocycles. The summed E-state index contributed by atoms with van der Waals surface area (Å²) in [6, 6.07) is 19.1. The maximum atomic E-state index is 12.5. The van der Waals surface area contributed by atoms with Gasteiger partial charge in [0.2, 0.25) is 0 Å². The number of carbonyl (C=O) groups excluding carboxylic acids is 2. The molecule has 5 nitrogen and oxygen atoms in total. The minimum absolute atomic E-state index is 0.453. The molecule has 0 aliphatic carbocycles. The average molecular weight is 373 g/mol. The molecule has 0 atom stereocenters. The van der Waals surface area contributed by atoms with Crippen LogP contribution in [0.15, 0.2) is 60.7 Å². The molecule has 0 saturated carbocycles. The van der Waals surface area contributed by atoms with Crippen molar-refractivity contribution in [1.29, 1.82) is 0 Å². The van der Waals surface area contributed by atoms with E-state index in [1.165, 1.54) is 0 Å². The summed E-state index contributed by atoms with van der Waals surface area (Å²) in [6.45, 7) is 0. The Morgan fingerprint density at radius 1 is 0.786 bits per heavy atom. The first-order valence-electron chi connectivity index (χ1n) is 8.89. The number of anilines is 1. The molecule has 1 N–H and O–H groups in total. The monoisotopic (exact) mass is 373 g/mol. The number of hydrogen-bond donors (Lipinski definition) is 1. The predicted molar refractivity (Wildman–Crippen MR) is 107 cm³/mol. The van der Waals surface area contributed by atoms with Gasteiger partial charge in [0.25, 0.3) is 11.7 Å². The molecule has 3 aromatic rings. The highest BCUT2D eigenvalue weighted by Gasteiger charge is 2.32. The van der Waals surface area contributed by atoms with Crippen LogP contribution in [0.1, 0.15) is 21.5 Å². The van der Waals surface area contributed by atoms with E-state index in [9.17, 15) is 9.59 Å². The third-order valence-electron chi connectivity index (χ3n) is 4.92. The SMILES string of the molecule is COc1ccc(Cc2ccc(-c3ccc(OC)cc3)c3c2C(=O)C(=O)N3)cc1. The average Bonchev–Trinajstić information content (AvgIpc) is 3.04. The molecule has 1 heterocycles. The van der Waals surface area contributed by atoms with Gasteiger partial charge in [-0.3, -0.25) is 9.59 Å². The van der Waals surface area contributed by atoms with Crippen molar-refractivity contribution < 1.29 is 19.1 Å². The number of carbonyl (C=O) groups is 2. The molecule has 0 unspecified atom stereocenters. The largest absolute Gasteiger partial charge is 0.497 e. The Labute approximate surface area is 162 Å². The third kappa shape index (κ3) is 3.11. The number of benzene rings is 3. The van der Waals surface area contributed by atoms with Gasteiger partial charge in [-0.2, -0.15) is 0 Å². The van der Waals surface area contributed by atoms with Crippen LogP contribution < -0.4 is 14.8 Å². The molecule has 0 spiro atoms. The Morgan fingerprint density at radius 2 is 1.39 bits per heavy atom. The molecule has 0 bridgehead atoms. The molecular weight excluding hydrogens is 354 g/mol. The van der Waals surface area contributed by atoms with Crippen LogP contribution in [-0.4, -0.2) is 25.9 Å². The number of ketones is 1. The second kappa shape index (κ2) is 7.19. The van der Waals surface area contributed by atoms with Crippen molar-refractivity contribution in [3.63, 3.8) is 0 Å². The van der Waals surface area contributed by atoms with Gasteiger partial charge in [-0.25, -0.2) is 0 Å². The van der Waals surface area contributed by atoms with E-state index in [1.807, 2.05) is 60.7 Å². The summed E-state index contributed by atoms with van der Waals surface area (Å²) in [6.07, 6.45) is 0.552. The van der Waals surface area contributed by atoms with Crippen LogP contribution >= 0.6 is 0 Å². The molecule has 0 fully saturated rings. The Kier molecular flexibility index (Phi) is 4.57. The maximum Gasteiger partial charge on any atom is 0.296 e. The summed E-state index contributed by atoms with van der Waals surface area (Å²) in [5.41, 5.74) is 4.60. The number of nitrogens with one attached hydrogen (secondary N) is 1. The first kappa shape index (κ1) is 17.8. The molecule has 140 valence electrons. The van der Waals surface area contributed by atoms with E-state index in [4.69, 9.17) is 9.47 Å². The van der Waals surface area contributed by atoms with Crippen LogP contribution in [-0.2, 0) is 11.2 Å². The number of ether oxygens (including phenoxy) is 2. The molecule has 4 rings (SSSR count). The van der Waals surface area contributed by atoms with Crippen molar-refractivity contribution in [2.45, 2.75) is 6.42 Å². The summed E-state index contributed by atoms with van der Waals surface area (Å²) >= 11 is 0. The minimum Gasteiger partial charge on any atom is -0.497 e. The molecule has 3 aromatic carbocycles. The fourth-order valence-corrected chi connectivity index (χ4v) is 3.44. The zero-order valence-corrected chi connectivity index (χ0v) is 15.6. The van der Waals surface area contributed by atoms with Crippen LogP contribution in [0.3, 0.4) is 0 Å². The van der Waals surface area contributed by atoms with E-state index in [0.29, 0.717) is 17.7 Å². The standard InChI is InChI=1S/C23H19NO4/c1-27-17-8-3-14(4-9-17)13-16-7-12-19(15-5-10-18(28-2)11-6-15)21-20(16)22(25)23(26)24-21/h3-12H,13H2,1-2H3,(H,24,25,26). The topological polar surface area (TPSA) is 64.6 Å². The van der Waals surface area contributed by atoms with Gasteiger partial charge in [-0.15, -0.1) is 0 Å². The molecule has 0 radical (unpaired) electrons. The molecular formula is C23H19NO4. The van der Waals surface area contributed by atoms with Gasteiger partial charge in [-0.05, 0) is 47.4 Å². The summed E-state index contributed by atoms with van der Waals surface area (Å²) in [4.78, 5) is 24.6. The van der Waals surface area contributed by atoms with Crippen molar-refractivity contribution in [3.8, 4) is 22.6 Å². The highest BCUT2D eigenvalue weighted by atomic mass is 16.5. The van der Waals surface area contributed by atoms with Gasteiger partial charge < -0.3 is 14.8 Å². The van der Waals surface area contributed by atoms with E-state index >= 15 is 0 Å². The second-order valence-electron chi connectivity index (χ2n) is 6.56. The highest BCUT2D eigenvalue weighted by molar-refractivity contribution is 6.52. The summed E-state index contributed by atoms with van der Waals surface area (Å²) in [7, 11) is 3.23. The van der Waals surface area contributed by atoms with Gasteiger partial charge in [0.15, 0.2) is 0 Å². The Balaban J connectivity index is 1.75. The molecule has 1 amide bonds. The third-order valence-corrected chi connectivity index (χ3v) is 4.92. The van der Waals surface area contributed by atoms with Gasteiger partial charge in [-0.1, -0.05) is 36.4 Å². The quantitative estimate of drug-likeness (QED) is 0.684. The number of amides is 1. The molecule has 0 aromatic heterocycles. The number of rotatable bonds is 5. The lowest BCUT2D eigenvalue weighted by atomic mass is 9.92. The summed E-state index contributed by atoms with van der Waals surface area (Å²) in [5.74, 6) is 0.439. The minimum atomic E-state index is -0.591. The van der Waals surface area contributed by atoms with Crippen LogP contribution in [0, 0.1) is 0 Å². The Hall–Kier alpha value is -3.60. The van der Waals surface area contributed by atoms with E-state index in [-0.39, 0.29) is 0 Å². The van der Waals surface area contributed by atoms with E-state index in [0.717, 1.165) is 33.8 Å². The summed E-state index contributed by atoms with van der Waals surface area (Å²) in [5, 5.41) is 2.75. The number of hydrogen-bond acceptors (Lipinski definition) is 4. The molecule has 1 aliphatic heterocycles. The second-order valence-corrected chi connectivity index (χ2v) is 6.56. The van der Waals surface area contributed by atoms with Gasteiger partial charge >= 0.3 is 0 Å². The normalized spacial score (nSPS) is 12.5. The lowest BCUT2D eigenvalue weighted by Gasteiger charge is -2.13. The predicted octanol–water partition coefficient (Wildman–Crippen LogP) is 4.10. The first-order chi connectivity index (χ1) is 13.6. The number of methoxy groups -OCH3 is 2. The molecule has 5 heteroatoms. The van der Waals surface area contributed by atoms with Crippen molar-refractivity contribution in [1.82, 2.24) is 0 Å². The molecule has 28 heavy (non-hydrogen) atoms. The lowest BCUT2D eigenvalue weighted by molar-refractivity contribution is -0.112. The summed E-state index contributed by atoms with van der Waals surface area (Å²) < 4.78 is 10.4. The van der Waals surface area contributed by atoms with Crippen LogP contribution in [0.2, 0.25) is 0 Å². The van der Waals surface area contributed by atoms with Crippen LogP contribution in [0.5, 0.6) is 11.5 Å². The highest BCUT2D eigenvalue weighted by Crippen LogP contribution is 2.38. The van der Waals surface area contributed by atoms with Gasteiger partial charge in [0.05, 0.1) is 25.5 Å². The van der Waals surface area contributed by atoms with Gasteiger partial charge in [0, 0.05) is 5.56 Å². The van der Waals surface area contributed by atoms with Crippen molar-refractivity contribution in [2.75, 3.05) is 19.5 Å². The first-order valence-corrected chi connectivity index (χ1v) is 8.89. The van der Waals surface area contributed by atoms with Gasteiger partial charge in [0.1, 0.15) is 11.5 Å². The number of fused-ring (bicyclic) bond motifs is 1. The van der Waals surface area contributed by atoms with E-state index in [1.54, 1.807) is 14.2 Å². The van der Waals surface area contributed by atoms with Crippen molar-refractivity contribution >= 4 is 17.4 Å². The lowest BCUT2D eigenvalue weighted by Crippen LogP contribution is -2.13. The van der Waals surface area contributed by atoms with Crippen LogP contribution in [0.25, 0.3) is 11.1 Å². The maximum absolute atomic E-state index is 12.5. The Morgan fingerprint density at radius 3 is 2.00 bits per heavy atom. The zero-order valence-electron chi connectivity index (χ0n) is 15.6. The smallest absolute Gasteiger partial charge is 0.296 e. The van der Waals surface area contributed by atoms with Crippen molar-refractivity contribution in [3.05, 3.63) is 77.4 Å². The van der Waals surface area contributed by atoms with Crippen LogP contribution in [0.4, 0.5) is 5.69 Å². The Bertz CT molecular complexity index is 1050. The van der Waals surface area contributed by atoms with E-state index in [2.05, 4.69) is 5.32 Å². The number of Topliss-reactive ketones (excluding diaryl/α,β-unsaturated/α-hetero) is 1. The fraction of sp³-hybridized carbons (Fsp3) is 0.130. The van der Waals surface area contributed by atoms with Crippen molar-refractivity contribution in [2.24, 2.45) is 0 Å². The fourth-order valence-electron chi connectivity index (χ4n) is 3.44.